The Kier molecular flexibility index (Phi) is 3.78. The first-order valence-electron chi connectivity index (χ1n) is 6.91. The third-order valence-electron chi connectivity index (χ3n) is 4.11. The molecule has 1 aliphatic carbocycles. The molecule has 2 amide bonds. The lowest BCUT2D eigenvalue weighted by molar-refractivity contribution is -0.140. The van der Waals surface area contributed by atoms with Crippen molar-refractivity contribution in [3.8, 4) is 0 Å². The Morgan fingerprint density at radius 1 is 1.33 bits per heavy atom. The van der Waals surface area contributed by atoms with Crippen molar-refractivity contribution in [2.45, 2.75) is 63.5 Å². The van der Waals surface area contributed by atoms with Crippen molar-refractivity contribution in [3.05, 3.63) is 0 Å². The molecule has 2 N–H and O–H groups in total. The summed E-state index contributed by atoms with van der Waals surface area (Å²) in [4.78, 5) is 25.2. The predicted octanol–water partition coefficient (Wildman–Crippen LogP) is 1.97. The minimum Gasteiger partial charge on any atom is -0.480 e. The number of amides is 2. The SMILES string of the molecule is CCC1CCCCCN1C(=O)NC1(C(=O)O)CC1. The van der Waals surface area contributed by atoms with Crippen molar-refractivity contribution < 1.29 is 14.7 Å². The summed E-state index contributed by atoms with van der Waals surface area (Å²) < 4.78 is 0. The van der Waals surface area contributed by atoms with Crippen LogP contribution in [0.4, 0.5) is 4.79 Å². The van der Waals surface area contributed by atoms with E-state index in [2.05, 4.69) is 12.2 Å². The molecule has 0 bridgehead atoms. The molecule has 18 heavy (non-hydrogen) atoms. The lowest BCUT2D eigenvalue weighted by Gasteiger charge is -2.30. The summed E-state index contributed by atoms with van der Waals surface area (Å²) in [6.07, 6.45) is 6.41. The molecule has 5 nitrogen and oxygen atoms in total. The van der Waals surface area contributed by atoms with E-state index in [0.717, 1.165) is 38.6 Å². The van der Waals surface area contributed by atoms with Gasteiger partial charge in [-0.3, -0.25) is 0 Å². The topological polar surface area (TPSA) is 69.6 Å². The molecule has 1 aliphatic heterocycles. The predicted molar refractivity (Wildman–Crippen MR) is 67.4 cm³/mol. The standard InChI is InChI=1S/C13H22N2O3/c1-2-10-6-4-3-5-9-15(10)12(18)14-13(7-8-13)11(16)17/h10H,2-9H2,1H3,(H,14,18)(H,16,17). The lowest BCUT2D eigenvalue weighted by Crippen LogP contribution is -2.52. The first kappa shape index (κ1) is 13.2. The van der Waals surface area contributed by atoms with Crippen molar-refractivity contribution in [1.82, 2.24) is 10.2 Å². The Morgan fingerprint density at radius 2 is 2.06 bits per heavy atom. The van der Waals surface area contributed by atoms with Gasteiger partial charge in [0.15, 0.2) is 0 Å². The molecule has 0 radical (unpaired) electrons. The van der Waals surface area contributed by atoms with Gasteiger partial charge in [0.1, 0.15) is 5.54 Å². The highest BCUT2D eigenvalue weighted by atomic mass is 16.4. The summed E-state index contributed by atoms with van der Waals surface area (Å²) in [5, 5.41) is 11.8. The monoisotopic (exact) mass is 254 g/mol. The van der Waals surface area contributed by atoms with Gasteiger partial charge in [-0.2, -0.15) is 0 Å². The van der Waals surface area contributed by atoms with E-state index in [1.165, 1.54) is 0 Å². The van der Waals surface area contributed by atoms with Gasteiger partial charge >= 0.3 is 12.0 Å². The van der Waals surface area contributed by atoms with Crippen LogP contribution >= 0.6 is 0 Å². The van der Waals surface area contributed by atoms with Crippen LogP contribution in [0, 0.1) is 0 Å². The maximum absolute atomic E-state index is 12.2. The number of carboxylic acids is 1. The van der Waals surface area contributed by atoms with Crippen molar-refractivity contribution in [2.75, 3.05) is 6.54 Å². The molecule has 2 aliphatic rings. The number of hydrogen-bond acceptors (Lipinski definition) is 2. The number of carboxylic acid groups (broad SMARTS) is 1. The average molecular weight is 254 g/mol. The van der Waals surface area contributed by atoms with Gasteiger partial charge in [0.25, 0.3) is 0 Å². The minimum atomic E-state index is -0.971. The fourth-order valence-corrected chi connectivity index (χ4v) is 2.66. The van der Waals surface area contributed by atoms with Gasteiger partial charge in [-0.15, -0.1) is 0 Å². The number of nitrogens with zero attached hydrogens (tertiary/aromatic N) is 1. The molecule has 1 unspecified atom stereocenters. The van der Waals surface area contributed by atoms with Crippen LogP contribution in [0.3, 0.4) is 0 Å². The molecule has 1 saturated carbocycles. The van der Waals surface area contributed by atoms with Crippen LogP contribution in [-0.2, 0) is 4.79 Å². The summed E-state index contributed by atoms with van der Waals surface area (Å²) in [5.41, 5.74) is -0.971. The van der Waals surface area contributed by atoms with Crippen molar-refractivity contribution in [2.24, 2.45) is 0 Å². The normalized spacial score (nSPS) is 26.3. The van der Waals surface area contributed by atoms with E-state index in [0.29, 0.717) is 12.8 Å². The highest BCUT2D eigenvalue weighted by Gasteiger charge is 2.52. The molecule has 1 atom stereocenters. The average Bonchev–Trinajstić information content (AvgIpc) is 3.11. The van der Waals surface area contributed by atoms with E-state index in [9.17, 15) is 9.59 Å². The number of nitrogens with one attached hydrogen (secondary N) is 1. The second kappa shape index (κ2) is 5.16. The number of rotatable bonds is 3. The quantitative estimate of drug-likeness (QED) is 0.809. The number of likely N-dealkylation sites (tertiary alicyclic amines) is 1. The highest BCUT2D eigenvalue weighted by Crippen LogP contribution is 2.36. The summed E-state index contributed by atoms with van der Waals surface area (Å²) >= 11 is 0. The molecular formula is C13H22N2O3. The van der Waals surface area contributed by atoms with E-state index in [1.54, 1.807) is 0 Å². The second-order valence-electron chi connectivity index (χ2n) is 5.42. The Morgan fingerprint density at radius 3 is 2.61 bits per heavy atom. The minimum absolute atomic E-state index is 0.191. The molecule has 0 aromatic heterocycles. The molecule has 1 saturated heterocycles. The molecule has 2 fully saturated rings. The number of carbonyl (C=O) groups is 2. The molecule has 1 heterocycles. The highest BCUT2D eigenvalue weighted by molar-refractivity contribution is 5.89. The van der Waals surface area contributed by atoms with E-state index in [1.807, 2.05) is 4.90 Å². The zero-order valence-corrected chi connectivity index (χ0v) is 10.9. The molecule has 0 spiro atoms. The second-order valence-corrected chi connectivity index (χ2v) is 5.42. The van der Waals surface area contributed by atoms with Gasteiger partial charge in [0.05, 0.1) is 0 Å². The maximum atomic E-state index is 12.2. The van der Waals surface area contributed by atoms with E-state index in [4.69, 9.17) is 5.11 Å². The lowest BCUT2D eigenvalue weighted by atomic mass is 10.1. The van der Waals surface area contributed by atoms with Crippen molar-refractivity contribution in [3.63, 3.8) is 0 Å². The number of hydrogen-bond donors (Lipinski definition) is 2. The Labute approximate surface area is 108 Å². The van der Waals surface area contributed by atoms with Gasteiger partial charge in [0, 0.05) is 12.6 Å². The number of carbonyl (C=O) groups excluding carboxylic acids is 1. The van der Waals surface area contributed by atoms with Gasteiger partial charge < -0.3 is 15.3 Å². The Balaban J connectivity index is 2.00. The fourth-order valence-electron chi connectivity index (χ4n) is 2.66. The molecule has 0 aromatic carbocycles. The van der Waals surface area contributed by atoms with Crippen LogP contribution in [0.1, 0.15) is 51.9 Å². The van der Waals surface area contributed by atoms with Crippen LogP contribution in [-0.4, -0.2) is 40.1 Å². The smallest absolute Gasteiger partial charge is 0.329 e. The Bertz CT molecular complexity index is 339. The van der Waals surface area contributed by atoms with Gasteiger partial charge in [-0.05, 0) is 32.1 Å². The third kappa shape index (κ3) is 2.60. The summed E-state index contributed by atoms with van der Waals surface area (Å²) in [6, 6.07) is 0.0701. The zero-order valence-electron chi connectivity index (χ0n) is 10.9. The van der Waals surface area contributed by atoms with Gasteiger partial charge in [0.2, 0.25) is 0 Å². The van der Waals surface area contributed by atoms with Crippen LogP contribution < -0.4 is 5.32 Å². The third-order valence-corrected chi connectivity index (χ3v) is 4.11. The summed E-state index contributed by atoms with van der Waals surface area (Å²) in [5.74, 6) is -0.904. The van der Waals surface area contributed by atoms with E-state index in [-0.39, 0.29) is 12.1 Å². The Hall–Kier alpha value is -1.26. The molecule has 102 valence electrons. The molecule has 5 heteroatoms. The first-order chi connectivity index (χ1) is 8.59. The first-order valence-corrected chi connectivity index (χ1v) is 6.91. The zero-order chi connectivity index (χ0) is 13.2. The number of urea groups is 1. The maximum Gasteiger partial charge on any atom is 0.329 e. The molecular weight excluding hydrogens is 232 g/mol. The summed E-state index contributed by atoms with van der Waals surface area (Å²) in [7, 11) is 0. The largest absolute Gasteiger partial charge is 0.480 e. The van der Waals surface area contributed by atoms with Crippen LogP contribution in [0.2, 0.25) is 0 Å². The van der Waals surface area contributed by atoms with Crippen LogP contribution in [0.25, 0.3) is 0 Å². The van der Waals surface area contributed by atoms with E-state index >= 15 is 0 Å². The number of aliphatic carboxylic acids is 1. The molecule has 0 aromatic rings. The van der Waals surface area contributed by atoms with Crippen molar-refractivity contribution in [1.29, 1.82) is 0 Å². The van der Waals surface area contributed by atoms with Crippen molar-refractivity contribution >= 4 is 12.0 Å². The van der Waals surface area contributed by atoms with Crippen LogP contribution in [0.15, 0.2) is 0 Å². The van der Waals surface area contributed by atoms with E-state index < -0.39 is 11.5 Å². The van der Waals surface area contributed by atoms with Crippen LogP contribution in [0.5, 0.6) is 0 Å². The summed E-state index contributed by atoms with van der Waals surface area (Å²) in [6.45, 7) is 2.83. The van der Waals surface area contributed by atoms with Gasteiger partial charge in [-0.1, -0.05) is 19.8 Å². The van der Waals surface area contributed by atoms with Gasteiger partial charge in [-0.25, -0.2) is 9.59 Å². The molecule has 2 rings (SSSR count). The fraction of sp³-hybridized carbons (Fsp3) is 0.846.